The molecule has 1 amide bonds. The summed E-state index contributed by atoms with van der Waals surface area (Å²) in [6.07, 6.45) is 4.07. The Morgan fingerprint density at radius 1 is 1.40 bits per heavy atom. The maximum atomic E-state index is 12.0. The minimum atomic E-state index is -0.449. The van der Waals surface area contributed by atoms with Crippen molar-refractivity contribution in [2.24, 2.45) is 5.92 Å². The van der Waals surface area contributed by atoms with Crippen molar-refractivity contribution < 1.29 is 9.72 Å². The summed E-state index contributed by atoms with van der Waals surface area (Å²) >= 11 is 1.34. The third kappa shape index (κ3) is 2.49. The van der Waals surface area contributed by atoms with E-state index in [1.54, 1.807) is 6.07 Å². The maximum absolute atomic E-state index is 12.0. The number of nitro groups is 1. The SMILES string of the molecule is O=C(Nc1nc2cc([N+](=O)[O-])ccc2s1)C1CCCC1. The van der Waals surface area contributed by atoms with Gasteiger partial charge in [0.25, 0.3) is 5.69 Å². The number of carbonyl (C=O) groups is 1. The molecule has 2 aromatic rings. The van der Waals surface area contributed by atoms with Gasteiger partial charge in [-0.3, -0.25) is 14.9 Å². The Bertz CT molecular complexity index is 677. The van der Waals surface area contributed by atoms with E-state index in [4.69, 9.17) is 0 Å². The van der Waals surface area contributed by atoms with Gasteiger partial charge in [-0.2, -0.15) is 0 Å². The monoisotopic (exact) mass is 291 g/mol. The number of nitrogens with one attached hydrogen (secondary N) is 1. The van der Waals surface area contributed by atoms with E-state index in [0.717, 1.165) is 30.4 Å². The van der Waals surface area contributed by atoms with E-state index in [-0.39, 0.29) is 17.5 Å². The molecule has 104 valence electrons. The van der Waals surface area contributed by atoms with Crippen molar-refractivity contribution in [1.29, 1.82) is 0 Å². The number of amides is 1. The normalized spacial score (nSPS) is 15.6. The number of nitrogens with zero attached hydrogens (tertiary/aromatic N) is 2. The minimum Gasteiger partial charge on any atom is -0.302 e. The average Bonchev–Trinajstić information content (AvgIpc) is 3.06. The second-order valence-corrected chi connectivity index (χ2v) is 5.93. The van der Waals surface area contributed by atoms with Gasteiger partial charge < -0.3 is 5.32 Å². The Labute approximate surface area is 119 Å². The first-order valence-corrected chi connectivity index (χ1v) is 7.31. The number of anilines is 1. The van der Waals surface area contributed by atoms with Gasteiger partial charge in [-0.05, 0) is 18.9 Å². The van der Waals surface area contributed by atoms with Crippen LogP contribution in [0.3, 0.4) is 0 Å². The van der Waals surface area contributed by atoms with Gasteiger partial charge in [0.05, 0.1) is 15.1 Å². The number of carbonyl (C=O) groups excluding carboxylic acids is 1. The lowest BCUT2D eigenvalue weighted by molar-refractivity contribution is -0.384. The summed E-state index contributed by atoms with van der Waals surface area (Å²) in [4.78, 5) is 26.5. The fourth-order valence-electron chi connectivity index (χ4n) is 2.48. The molecule has 0 radical (unpaired) electrons. The molecule has 7 heteroatoms. The largest absolute Gasteiger partial charge is 0.302 e. The summed E-state index contributed by atoms with van der Waals surface area (Å²) in [5.74, 6) is 0.0902. The van der Waals surface area contributed by atoms with Crippen molar-refractivity contribution in [1.82, 2.24) is 4.98 Å². The molecule has 1 saturated carbocycles. The second-order valence-electron chi connectivity index (χ2n) is 4.90. The Morgan fingerprint density at radius 3 is 2.85 bits per heavy atom. The van der Waals surface area contributed by atoms with E-state index < -0.39 is 4.92 Å². The van der Waals surface area contributed by atoms with Crippen LogP contribution in [0.15, 0.2) is 18.2 Å². The third-order valence-electron chi connectivity index (χ3n) is 3.54. The van der Waals surface area contributed by atoms with E-state index in [0.29, 0.717) is 10.6 Å². The summed E-state index contributed by atoms with van der Waals surface area (Å²) in [7, 11) is 0. The van der Waals surface area contributed by atoms with Gasteiger partial charge in [0.2, 0.25) is 5.91 Å². The van der Waals surface area contributed by atoms with Crippen LogP contribution in [-0.4, -0.2) is 15.8 Å². The lowest BCUT2D eigenvalue weighted by Gasteiger charge is -2.06. The number of thiazole rings is 1. The van der Waals surface area contributed by atoms with Crippen molar-refractivity contribution in [3.05, 3.63) is 28.3 Å². The lowest BCUT2D eigenvalue weighted by atomic mass is 10.1. The fourth-order valence-corrected chi connectivity index (χ4v) is 3.33. The van der Waals surface area contributed by atoms with Crippen LogP contribution in [-0.2, 0) is 4.79 Å². The maximum Gasteiger partial charge on any atom is 0.271 e. The highest BCUT2D eigenvalue weighted by Crippen LogP contribution is 2.30. The Morgan fingerprint density at radius 2 is 2.15 bits per heavy atom. The van der Waals surface area contributed by atoms with Crippen molar-refractivity contribution in [2.75, 3.05) is 5.32 Å². The number of benzene rings is 1. The molecule has 0 spiro atoms. The van der Waals surface area contributed by atoms with Crippen LogP contribution in [0.25, 0.3) is 10.2 Å². The van der Waals surface area contributed by atoms with Gasteiger partial charge in [-0.15, -0.1) is 0 Å². The van der Waals surface area contributed by atoms with Crippen LogP contribution >= 0.6 is 11.3 Å². The zero-order chi connectivity index (χ0) is 14.1. The minimum absolute atomic E-state index is 0.0102. The van der Waals surface area contributed by atoms with Gasteiger partial charge >= 0.3 is 0 Å². The molecule has 0 saturated heterocycles. The van der Waals surface area contributed by atoms with Gasteiger partial charge in [-0.25, -0.2) is 4.98 Å². The molecule has 0 atom stereocenters. The van der Waals surface area contributed by atoms with Crippen LogP contribution in [0.1, 0.15) is 25.7 Å². The number of fused-ring (bicyclic) bond motifs is 1. The van der Waals surface area contributed by atoms with Gasteiger partial charge in [0, 0.05) is 18.1 Å². The predicted molar refractivity (Wildman–Crippen MR) is 76.9 cm³/mol. The first kappa shape index (κ1) is 13.0. The molecular formula is C13H13N3O3S. The van der Waals surface area contributed by atoms with Crippen molar-refractivity contribution in [2.45, 2.75) is 25.7 Å². The standard InChI is InChI=1S/C13H13N3O3S/c17-12(8-3-1-2-4-8)15-13-14-10-7-9(16(18)19)5-6-11(10)20-13/h5-8H,1-4H2,(H,14,15,17). The molecule has 1 aromatic heterocycles. The summed E-state index contributed by atoms with van der Waals surface area (Å²) < 4.78 is 0.831. The zero-order valence-corrected chi connectivity index (χ0v) is 11.5. The number of aromatic nitrogens is 1. The van der Waals surface area contributed by atoms with Crippen molar-refractivity contribution >= 4 is 38.3 Å². The van der Waals surface area contributed by atoms with Crippen LogP contribution in [0.5, 0.6) is 0 Å². The highest BCUT2D eigenvalue weighted by molar-refractivity contribution is 7.22. The summed E-state index contributed by atoms with van der Waals surface area (Å²) in [5, 5.41) is 14.0. The molecule has 3 rings (SSSR count). The lowest BCUT2D eigenvalue weighted by Crippen LogP contribution is -2.20. The molecule has 6 nitrogen and oxygen atoms in total. The second kappa shape index (κ2) is 5.16. The molecule has 20 heavy (non-hydrogen) atoms. The summed E-state index contributed by atoms with van der Waals surface area (Å²) in [6.45, 7) is 0. The average molecular weight is 291 g/mol. The van der Waals surface area contributed by atoms with Gasteiger partial charge in [-0.1, -0.05) is 24.2 Å². The zero-order valence-electron chi connectivity index (χ0n) is 10.7. The van der Waals surface area contributed by atoms with Crippen molar-refractivity contribution in [3.8, 4) is 0 Å². The highest BCUT2D eigenvalue weighted by Gasteiger charge is 2.23. The van der Waals surface area contributed by atoms with Gasteiger partial charge in [0.15, 0.2) is 5.13 Å². The first-order valence-electron chi connectivity index (χ1n) is 6.49. The quantitative estimate of drug-likeness (QED) is 0.694. The molecular weight excluding hydrogens is 278 g/mol. The Hall–Kier alpha value is -2.02. The molecule has 1 aromatic carbocycles. The van der Waals surface area contributed by atoms with Crippen LogP contribution in [0.2, 0.25) is 0 Å². The molecule has 0 bridgehead atoms. The number of non-ortho nitro benzene ring substituents is 1. The molecule has 0 unspecified atom stereocenters. The van der Waals surface area contributed by atoms with E-state index in [1.165, 1.54) is 23.5 Å². The smallest absolute Gasteiger partial charge is 0.271 e. The van der Waals surface area contributed by atoms with Gasteiger partial charge in [0.1, 0.15) is 0 Å². The number of hydrogen-bond donors (Lipinski definition) is 1. The number of nitro benzene ring substituents is 1. The third-order valence-corrected chi connectivity index (χ3v) is 4.49. The molecule has 0 aliphatic heterocycles. The topological polar surface area (TPSA) is 85.1 Å². The Kier molecular flexibility index (Phi) is 3.35. The Balaban J connectivity index is 1.81. The molecule has 1 fully saturated rings. The number of hydrogen-bond acceptors (Lipinski definition) is 5. The molecule has 1 aliphatic carbocycles. The van der Waals surface area contributed by atoms with Crippen LogP contribution in [0.4, 0.5) is 10.8 Å². The summed E-state index contributed by atoms with van der Waals surface area (Å²) in [5.41, 5.74) is 0.558. The fraction of sp³-hybridized carbons (Fsp3) is 0.385. The van der Waals surface area contributed by atoms with Crippen LogP contribution in [0, 0.1) is 16.0 Å². The summed E-state index contributed by atoms with van der Waals surface area (Å²) in [6, 6.07) is 4.54. The van der Waals surface area contributed by atoms with E-state index in [9.17, 15) is 14.9 Å². The predicted octanol–water partition coefficient (Wildman–Crippen LogP) is 3.33. The van der Waals surface area contributed by atoms with Crippen molar-refractivity contribution in [3.63, 3.8) is 0 Å². The number of rotatable bonds is 3. The molecule has 1 N–H and O–H groups in total. The molecule has 1 aliphatic rings. The molecule has 1 heterocycles. The van der Waals surface area contributed by atoms with E-state index in [2.05, 4.69) is 10.3 Å². The van der Waals surface area contributed by atoms with E-state index >= 15 is 0 Å². The van der Waals surface area contributed by atoms with Crippen LogP contribution < -0.4 is 5.32 Å². The van der Waals surface area contributed by atoms with E-state index in [1.807, 2.05) is 0 Å². The highest BCUT2D eigenvalue weighted by atomic mass is 32.1. The first-order chi connectivity index (χ1) is 9.63.